The van der Waals surface area contributed by atoms with E-state index in [1.54, 1.807) is 0 Å². The van der Waals surface area contributed by atoms with Gasteiger partial charge in [0.2, 0.25) is 11.9 Å². The van der Waals surface area contributed by atoms with E-state index >= 15 is 0 Å². The Labute approximate surface area is 114 Å². The molecule has 0 aliphatic heterocycles. The van der Waals surface area contributed by atoms with Crippen LogP contribution in [0.2, 0.25) is 0 Å². The number of anilines is 1. The normalized spacial score (nSPS) is 18.1. The number of carbonyl (C=O) groups excluding carboxylic acids is 1. The average Bonchev–Trinajstić information content (AvgIpc) is 2.27. The van der Waals surface area contributed by atoms with Crippen molar-refractivity contribution in [3.8, 4) is 0 Å². The highest BCUT2D eigenvalue weighted by Crippen LogP contribution is 2.28. The summed E-state index contributed by atoms with van der Waals surface area (Å²) in [6.45, 7) is 3.77. The smallest absolute Gasteiger partial charge is 0.229 e. The van der Waals surface area contributed by atoms with E-state index in [-0.39, 0.29) is 11.4 Å². The van der Waals surface area contributed by atoms with Crippen LogP contribution in [0.25, 0.3) is 0 Å². The van der Waals surface area contributed by atoms with Crippen LogP contribution in [0.5, 0.6) is 0 Å². The molecule has 0 radical (unpaired) electrons. The third-order valence-electron chi connectivity index (χ3n) is 3.60. The summed E-state index contributed by atoms with van der Waals surface area (Å²) in [6.07, 6.45) is 5.65. The van der Waals surface area contributed by atoms with Crippen LogP contribution in [0.4, 0.5) is 5.95 Å². The highest BCUT2D eigenvalue weighted by molar-refractivity contribution is 5.89. The Morgan fingerprint density at radius 1 is 1.26 bits per heavy atom. The highest BCUT2D eigenvalue weighted by Gasteiger charge is 2.30. The van der Waals surface area contributed by atoms with Crippen molar-refractivity contribution >= 4 is 11.9 Å². The standard InChI is InChI=1S/C14H22N4O/c1-10-8-11(2)17-13(16-10)18-12(19)9-14(15)6-4-3-5-7-14/h8H,3-7,9,15H2,1-2H3,(H,16,17,18,19). The van der Waals surface area contributed by atoms with Gasteiger partial charge in [0.15, 0.2) is 0 Å². The van der Waals surface area contributed by atoms with Gasteiger partial charge < -0.3 is 5.73 Å². The lowest BCUT2D eigenvalue weighted by molar-refractivity contribution is -0.117. The Balaban J connectivity index is 1.97. The largest absolute Gasteiger partial charge is 0.325 e. The lowest BCUT2D eigenvalue weighted by atomic mass is 9.80. The number of nitrogens with two attached hydrogens (primary N) is 1. The molecule has 1 aliphatic carbocycles. The Hall–Kier alpha value is -1.49. The topological polar surface area (TPSA) is 80.9 Å². The molecule has 1 aromatic rings. The van der Waals surface area contributed by atoms with Crippen molar-refractivity contribution < 1.29 is 4.79 Å². The molecule has 1 saturated carbocycles. The second kappa shape index (κ2) is 5.65. The molecule has 3 N–H and O–H groups in total. The maximum absolute atomic E-state index is 12.0. The number of hydrogen-bond donors (Lipinski definition) is 2. The fraction of sp³-hybridized carbons (Fsp3) is 0.643. The van der Waals surface area contributed by atoms with Crippen LogP contribution >= 0.6 is 0 Å². The van der Waals surface area contributed by atoms with Gasteiger partial charge in [-0.1, -0.05) is 19.3 Å². The van der Waals surface area contributed by atoms with Gasteiger partial charge >= 0.3 is 0 Å². The van der Waals surface area contributed by atoms with E-state index in [0.717, 1.165) is 37.1 Å². The molecule has 0 aromatic carbocycles. The Kier molecular flexibility index (Phi) is 4.14. The second-order valence-corrected chi connectivity index (χ2v) is 5.62. The van der Waals surface area contributed by atoms with Crippen molar-refractivity contribution in [1.29, 1.82) is 0 Å². The molecule has 5 nitrogen and oxygen atoms in total. The van der Waals surface area contributed by atoms with Gasteiger partial charge in [-0.3, -0.25) is 10.1 Å². The highest BCUT2D eigenvalue weighted by atomic mass is 16.1. The maximum atomic E-state index is 12.0. The number of amides is 1. The van der Waals surface area contributed by atoms with Crippen molar-refractivity contribution in [2.45, 2.75) is 57.9 Å². The first kappa shape index (κ1) is 13.9. The van der Waals surface area contributed by atoms with Crippen molar-refractivity contribution in [3.63, 3.8) is 0 Å². The number of rotatable bonds is 3. The molecule has 5 heteroatoms. The minimum absolute atomic E-state index is 0.0885. The molecule has 1 heterocycles. The van der Waals surface area contributed by atoms with Crippen LogP contribution in [0.1, 0.15) is 49.9 Å². The number of carbonyl (C=O) groups is 1. The van der Waals surface area contributed by atoms with Gasteiger partial charge in [-0.15, -0.1) is 0 Å². The first-order valence-corrected chi connectivity index (χ1v) is 6.88. The van der Waals surface area contributed by atoms with Crippen LogP contribution in [-0.2, 0) is 4.79 Å². The van der Waals surface area contributed by atoms with Gasteiger partial charge in [-0.05, 0) is 32.8 Å². The molecular formula is C14H22N4O. The van der Waals surface area contributed by atoms with Crippen molar-refractivity contribution in [1.82, 2.24) is 9.97 Å². The molecule has 1 fully saturated rings. The molecule has 0 bridgehead atoms. The fourth-order valence-corrected chi connectivity index (χ4v) is 2.70. The van der Waals surface area contributed by atoms with E-state index in [0.29, 0.717) is 12.4 Å². The summed E-state index contributed by atoms with van der Waals surface area (Å²) in [5.74, 6) is 0.288. The zero-order valence-corrected chi connectivity index (χ0v) is 11.7. The summed E-state index contributed by atoms with van der Waals surface area (Å²) in [5.41, 5.74) is 7.63. The molecule has 0 saturated heterocycles. The first-order valence-electron chi connectivity index (χ1n) is 6.88. The summed E-state index contributed by atoms with van der Waals surface area (Å²) < 4.78 is 0. The third kappa shape index (κ3) is 3.99. The van der Waals surface area contributed by atoms with Gasteiger partial charge in [-0.2, -0.15) is 0 Å². The average molecular weight is 262 g/mol. The molecular weight excluding hydrogens is 240 g/mol. The van der Waals surface area contributed by atoms with Gasteiger partial charge in [0.1, 0.15) is 0 Å². The first-order chi connectivity index (χ1) is 8.97. The second-order valence-electron chi connectivity index (χ2n) is 5.62. The Morgan fingerprint density at radius 2 is 1.84 bits per heavy atom. The zero-order chi connectivity index (χ0) is 13.9. The van der Waals surface area contributed by atoms with Crippen LogP contribution < -0.4 is 11.1 Å². The van der Waals surface area contributed by atoms with Crippen LogP contribution in [-0.4, -0.2) is 21.4 Å². The van der Waals surface area contributed by atoms with E-state index in [1.807, 2.05) is 19.9 Å². The zero-order valence-electron chi connectivity index (χ0n) is 11.7. The van der Waals surface area contributed by atoms with Crippen molar-refractivity contribution in [3.05, 3.63) is 17.5 Å². The number of hydrogen-bond acceptors (Lipinski definition) is 4. The molecule has 1 aromatic heterocycles. The minimum Gasteiger partial charge on any atom is -0.325 e. The molecule has 1 amide bonds. The van der Waals surface area contributed by atoms with Crippen molar-refractivity contribution in [2.75, 3.05) is 5.32 Å². The van der Waals surface area contributed by atoms with Gasteiger partial charge in [0.05, 0.1) is 0 Å². The van der Waals surface area contributed by atoms with E-state index in [4.69, 9.17) is 5.73 Å². The summed E-state index contributed by atoms with van der Waals surface area (Å²) in [5, 5.41) is 2.75. The molecule has 0 unspecified atom stereocenters. The summed E-state index contributed by atoms with van der Waals surface area (Å²) >= 11 is 0. The van der Waals surface area contributed by atoms with Crippen LogP contribution in [0, 0.1) is 13.8 Å². The molecule has 2 rings (SSSR count). The maximum Gasteiger partial charge on any atom is 0.229 e. The lowest BCUT2D eigenvalue weighted by Gasteiger charge is -2.32. The van der Waals surface area contributed by atoms with E-state index in [2.05, 4.69) is 15.3 Å². The Morgan fingerprint density at radius 3 is 2.42 bits per heavy atom. The Bertz CT molecular complexity index is 446. The third-order valence-corrected chi connectivity index (χ3v) is 3.60. The van der Waals surface area contributed by atoms with E-state index in [1.165, 1.54) is 6.42 Å². The molecule has 1 aliphatic rings. The van der Waals surface area contributed by atoms with Crippen LogP contribution in [0.3, 0.4) is 0 Å². The number of aryl methyl sites for hydroxylation is 2. The molecule has 104 valence electrons. The molecule has 0 spiro atoms. The summed E-state index contributed by atoms with van der Waals surface area (Å²) in [6, 6.07) is 1.88. The number of aromatic nitrogens is 2. The quantitative estimate of drug-likeness (QED) is 0.874. The van der Waals surface area contributed by atoms with E-state index < -0.39 is 0 Å². The lowest BCUT2D eigenvalue weighted by Crippen LogP contribution is -2.44. The number of nitrogens with one attached hydrogen (secondary N) is 1. The van der Waals surface area contributed by atoms with Crippen molar-refractivity contribution in [2.24, 2.45) is 5.73 Å². The predicted molar refractivity (Wildman–Crippen MR) is 74.8 cm³/mol. The fourth-order valence-electron chi connectivity index (χ4n) is 2.70. The monoisotopic (exact) mass is 262 g/mol. The van der Waals surface area contributed by atoms with Crippen LogP contribution in [0.15, 0.2) is 6.07 Å². The minimum atomic E-state index is -0.346. The van der Waals surface area contributed by atoms with Gasteiger partial charge in [0.25, 0.3) is 0 Å². The number of nitrogens with zero attached hydrogens (tertiary/aromatic N) is 2. The SMILES string of the molecule is Cc1cc(C)nc(NC(=O)CC2(N)CCCCC2)n1. The molecule has 0 atom stereocenters. The summed E-state index contributed by atoms with van der Waals surface area (Å²) in [7, 11) is 0. The van der Waals surface area contributed by atoms with E-state index in [9.17, 15) is 4.79 Å². The van der Waals surface area contributed by atoms with Gasteiger partial charge in [0, 0.05) is 23.3 Å². The predicted octanol–water partition coefficient (Wildman–Crippen LogP) is 2.08. The van der Waals surface area contributed by atoms with Gasteiger partial charge in [-0.25, -0.2) is 9.97 Å². The molecule has 19 heavy (non-hydrogen) atoms. The summed E-state index contributed by atoms with van der Waals surface area (Å²) in [4.78, 5) is 20.4.